The van der Waals surface area contributed by atoms with Gasteiger partial charge in [0, 0.05) is 17.3 Å². The molecule has 2 saturated carbocycles. The summed E-state index contributed by atoms with van der Waals surface area (Å²) in [4.78, 5) is 12.4. The number of nitrogens with one attached hydrogen (secondary N) is 2. The van der Waals surface area contributed by atoms with Crippen molar-refractivity contribution < 1.29 is 13.2 Å². The molecular formula is C17H24N2O3S. The van der Waals surface area contributed by atoms with Gasteiger partial charge in [0.1, 0.15) is 0 Å². The molecule has 1 aromatic rings. The predicted molar refractivity (Wildman–Crippen MR) is 90.8 cm³/mol. The molecule has 4 atom stereocenters. The number of hydrogen-bond donors (Lipinski definition) is 2. The van der Waals surface area contributed by atoms with E-state index in [0.29, 0.717) is 17.2 Å². The number of rotatable bonds is 5. The second kappa shape index (κ2) is 6.15. The van der Waals surface area contributed by atoms with E-state index < -0.39 is 10.0 Å². The molecule has 126 valence electrons. The van der Waals surface area contributed by atoms with Crippen molar-refractivity contribution in [1.82, 2.24) is 5.32 Å². The van der Waals surface area contributed by atoms with Crippen molar-refractivity contribution in [3.8, 4) is 0 Å². The van der Waals surface area contributed by atoms with Gasteiger partial charge in [-0.2, -0.15) is 0 Å². The van der Waals surface area contributed by atoms with Gasteiger partial charge in [0.25, 0.3) is 5.91 Å². The molecule has 0 saturated heterocycles. The first-order valence-corrected chi connectivity index (χ1v) is 10.1. The molecule has 4 unspecified atom stereocenters. The minimum atomic E-state index is -3.34. The molecule has 0 aromatic heterocycles. The van der Waals surface area contributed by atoms with E-state index in [2.05, 4.69) is 17.0 Å². The van der Waals surface area contributed by atoms with E-state index in [4.69, 9.17) is 0 Å². The quantitative estimate of drug-likeness (QED) is 0.868. The van der Waals surface area contributed by atoms with Crippen molar-refractivity contribution in [1.29, 1.82) is 0 Å². The van der Waals surface area contributed by atoms with E-state index in [0.717, 1.165) is 18.1 Å². The van der Waals surface area contributed by atoms with Crippen molar-refractivity contribution >= 4 is 21.6 Å². The first-order valence-electron chi connectivity index (χ1n) is 8.20. The highest BCUT2D eigenvalue weighted by Gasteiger charge is 2.42. The van der Waals surface area contributed by atoms with Crippen LogP contribution in [-0.2, 0) is 10.0 Å². The van der Waals surface area contributed by atoms with Gasteiger partial charge in [-0.1, -0.05) is 12.5 Å². The summed E-state index contributed by atoms with van der Waals surface area (Å²) in [6.07, 6.45) is 6.28. The molecule has 6 heteroatoms. The smallest absolute Gasteiger partial charge is 0.251 e. The van der Waals surface area contributed by atoms with E-state index in [1.54, 1.807) is 24.3 Å². The molecule has 2 fully saturated rings. The maximum Gasteiger partial charge on any atom is 0.251 e. The summed E-state index contributed by atoms with van der Waals surface area (Å²) < 4.78 is 25.0. The number of fused-ring (bicyclic) bond motifs is 2. The van der Waals surface area contributed by atoms with Crippen LogP contribution in [0.4, 0.5) is 5.69 Å². The minimum Gasteiger partial charge on any atom is -0.349 e. The molecule has 2 bridgehead atoms. The maximum atomic E-state index is 12.4. The third-order valence-corrected chi connectivity index (χ3v) is 5.83. The van der Waals surface area contributed by atoms with E-state index >= 15 is 0 Å². The van der Waals surface area contributed by atoms with Crippen molar-refractivity contribution in [2.75, 3.05) is 11.0 Å². The number of amides is 1. The van der Waals surface area contributed by atoms with Crippen molar-refractivity contribution in [2.45, 2.75) is 38.6 Å². The Morgan fingerprint density at radius 2 is 2.04 bits per heavy atom. The molecule has 1 aromatic carbocycles. The highest BCUT2D eigenvalue weighted by Crippen LogP contribution is 2.49. The summed E-state index contributed by atoms with van der Waals surface area (Å²) in [5.74, 6) is 2.05. The molecule has 2 aliphatic rings. The van der Waals surface area contributed by atoms with Crippen LogP contribution in [0.25, 0.3) is 0 Å². The molecule has 2 aliphatic carbocycles. The number of anilines is 1. The molecule has 23 heavy (non-hydrogen) atoms. The molecule has 3 rings (SSSR count). The van der Waals surface area contributed by atoms with E-state index in [1.807, 2.05) is 0 Å². The van der Waals surface area contributed by atoms with Gasteiger partial charge in [0.2, 0.25) is 10.0 Å². The number of sulfonamides is 1. The van der Waals surface area contributed by atoms with Gasteiger partial charge in [0.15, 0.2) is 0 Å². The molecule has 0 radical (unpaired) electrons. The molecular weight excluding hydrogens is 312 g/mol. The summed E-state index contributed by atoms with van der Waals surface area (Å²) >= 11 is 0. The Morgan fingerprint density at radius 1 is 1.26 bits per heavy atom. The molecule has 0 heterocycles. The summed E-state index contributed by atoms with van der Waals surface area (Å²) in [7, 11) is -3.34. The first-order chi connectivity index (χ1) is 10.8. The van der Waals surface area contributed by atoms with Crippen LogP contribution in [0, 0.1) is 17.8 Å². The summed E-state index contributed by atoms with van der Waals surface area (Å²) in [6.45, 7) is 2.09. The first kappa shape index (κ1) is 16.3. The van der Waals surface area contributed by atoms with Crippen LogP contribution in [0.1, 0.15) is 43.0 Å². The largest absolute Gasteiger partial charge is 0.349 e. The Kier molecular flexibility index (Phi) is 4.36. The Bertz CT molecular complexity index is 702. The normalized spacial score (nSPS) is 27.7. The summed E-state index contributed by atoms with van der Waals surface area (Å²) in [5, 5.41) is 3.10. The zero-order valence-corrected chi connectivity index (χ0v) is 14.4. The van der Waals surface area contributed by atoms with Gasteiger partial charge in [-0.3, -0.25) is 9.52 Å². The summed E-state index contributed by atoms with van der Waals surface area (Å²) in [6, 6.07) is 6.76. The Balaban J connectivity index is 1.65. The lowest BCUT2D eigenvalue weighted by Crippen LogP contribution is -2.40. The van der Waals surface area contributed by atoms with Crippen LogP contribution in [-0.4, -0.2) is 26.6 Å². The number of hydrogen-bond acceptors (Lipinski definition) is 3. The molecule has 0 spiro atoms. The minimum absolute atomic E-state index is 0.141. The van der Waals surface area contributed by atoms with Crippen molar-refractivity contribution in [2.24, 2.45) is 17.8 Å². The number of carbonyl (C=O) groups is 1. The average molecular weight is 336 g/mol. The summed E-state index contributed by atoms with van der Waals surface area (Å²) in [5.41, 5.74) is 0.890. The zero-order chi connectivity index (χ0) is 16.6. The van der Waals surface area contributed by atoms with Gasteiger partial charge in [-0.15, -0.1) is 0 Å². The fourth-order valence-electron chi connectivity index (χ4n) is 4.24. The molecule has 0 aliphatic heterocycles. The third-order valence-electron chi connectivity index (χ3n) is 5.22. The molecule has 5 nitrogen and oxygen atoms in total. The van der Waals surface area contributed by atoms with Crippen LogP contribution in [0.3, 0.4) is 0 Å². The van der Waals surface area contributed by atoms with E-state index in [1.165, 1.54) is 25.7 Å². The van der Waals surface area contributed by atoms with Gasteiger partial charge in [-0.25, -0.2) is 8.42 Å². The molecule has 1 amide bonds. The van der Waals surface area contributed by atoms with E-state index in [-0.39, 0.29) is 11.9 Å². The van der Waals surface area contributed by atoms with Gasteiger partial charge < -0.3 is 5.32 Å². The fourth-order valence-corrected chi connectivity index (χ4v) is 4.80. The van der Waals surface area contributed by atoms with Crippen LogP contribution < -0.4 is 10.0 Å². The highest BCUT2D eigenvalue weighted by molar-refractivity contribution is 7.92. The van der Waals surface area contributed by atoms with Crippen LogP contribution in [0.5, 0.6) is 0 Å². The van der Waals surface area contributed by atoms with E-state index in [9.17, 15) is 13.2 Å². The lowest BCUT2D eigenvalue weighted by Gasteiger charge is -2.28. The van der Waals surface area contributed by atoms with Crippen molar-refractivity contribution in [3.05, 3.63) is 29.8 Å². The number of benzene rings is 1. The second-order valence-electron chi connectivity index (χ2n) is 7.06. The second-order valence-corrected chi connectivity index (χ2v) is 8.80. The van der Waals surface area contributed by atoms with Gasteiger partial charge in [0.05, 0.1) is 6.26 Å². The maximum absolute atomic E-state index is 12.4. The van der Waals surface area contributed by atoms with Crippen LogP contribution in [0.2, 0.25) is 0 Å². The third kappa shape index (κ3) is 3.86. The standard InChI is InChI=1S/C17H24N2O3S/c1-11(16-9-12-6-7-13(16)8-12)18-17(20)14-4-3-5-15(10-14)19-23(2,21)22/h3-5,10-13,16,19H,6-9H2,1-2H3,(H,18,20). The topological polar surface area (TPSA) is 75.3 Å². The van der Waals surface area contributed by atoms with Gasteiger partial charge >= 0.3 is 0 Å². The van der Waals surface area contributed by atoms with Crippen LogP contribution >= 0.6 is 0 Å². The van der Waals surface area contributed by atoms with Crippen molar-refractivity contribution in [3.63, 3.8) is 0 Å². The Morgan fingerprint density at radius 3 is 2.65 bits per heavy atom. The molecule has 2 N–H and O–H groups in total. The SMILES string of the molecule is CC(NC(=O)c1cccc(NS(C)(=O)=O)c1)C1CC2CCC1C2. The predicted octanol–water partition coefficient (Wildman–Crippen LogP) is 2.61. The zero-order valence-electron chi connectivity index (χ0n) is 13.6. The Hall–Kier alpha value is -1.56. The fraction of sp³-hybridized carbons (Fsp3) is 0.588. The Labute approximate surface area is 137 Å². The number of carbonyl (C=O) groups excluding carboxylic acids is 1. The highest BCUT2D eigenvalue weighted by atomic mass is 32.2. The van der Waals surface area contributed by atoms with Crippen LogP contribution in [0.15, 0.2) is 24.3 Å². The van der Waals surface area contributed by atoms with Gasteiger partial charge in [-0.05, 0) is 62.1 Å². The monoisotopic (exact) mass is 336 g/mol. The average Bonchev–Trinajstić information content (AvgIpc) is 3.08. The lowest BCUT2D eigenvalue weighted by molar-refractivity contribution is 0.0915. The lowest BCUT2D eigenvalue weighted by atomic mass is 9.84.